The van der Waals surface area contributed by atoms with Gasteiger partial charge in [0.05, 0.1) is 27.2 Å². The van der Waals surface area contributed by atoms with Crippen LogP contribution in [-0.2, 0) is 4.79 Å². The van der Waals surface area contributed by atoms with Gasteiger partial charge in [-0.05, 0) is 18.3 Å². The van der Waals surface area contributed by atoms with Gasteiger partial charge in [0.1, 0.15) is 0 Å². The van der Waals surface area contributed by atoms with Gasteiger partial charge in [-0.3, -0.25) is 4.79 Å². The molecule has 0 fully saturated rings. The summed E-state index contributed by atoms with van der Waals surface area (Å²) in [6, 6.07) is 0. The monoisotopic (exact) mass is 285 g/mol. The van der Waals surface area contributed by atoms with Gasteiger partial charge < -0.3 is 9.80 Å². The van der Waals surface area contributed by atoms with Crippen LogP contribution in [0.1, 0.15) is 60.8 Å². The second kappa shape index (κ2) is 7.44. The molecule has 0 aromatic rings. The molecule has 0 atom stereocenters. The summed E-state index contributed by atoms with van der Waals surface area (Å²) in [7, 11) is 4.52. The zero-order valence-electron chi connectivity index (χ0n) is 15.1. The number of nitrogens with one attached hydrogen (secondary N) is 1. The number of carbonyl (C=O) groups excluding carboxylic acids is 1. The smallest absolute Gasteiger partial charge is 0.225 e. The maximum atomic E-state index is 12.3. The van der Waals surface area contributed by atoms with Crippen LogP contribution in [0.15, 0.2) is 0 Å². The summed E-state index contributed by atoms with van der Waals surface area (Å²) in [4.78, 5) is 12.3. The van der Waals surface area contributed by atoms with Crippen LogP contribution in [0.5, 0.6) is 0 Å². The van der Waals surface area contributed by atoms with Gasteiger partial charge >= 0.3 is 0 Å². The highest BCUT2D eigenvalue weighted by molar-refractivity contribution is 5.81. The van der Waals surface area contributed by atoms with E-state index in [-0.39, 0.29) is 16.7 Å². The first kappa shape index (κ1) is 19.4. The molecule has 1 amide bonds. The van der Waals surface area contributed by atoms with E-state index in [2.05, 4.69) is 47.1 Å². The lowest BCUT2D eigenvalue weighted by Crippen LogP contribution is -2.44. The number of hydrogen-bond acceptors (Lipinski definition) is 1. The fourth-order valence-electron chi connectivity index (χ4n) is 3.07. The maximum Gasteiger partial charge on any atom is 0.225 e. The Hall–Kier alpha value is -0.570. The van der Waals surface area contributed by atoms with Crippen molar-refractivity contribution >= 4 is 5.91 Å². The Morgan fingerprint density at radius 2 is 1.60 bits per heavy atom. The number of carbonyl (C=O) groups is 1. The fourth-order valence-corrected chi connectivity index (χ4v) is 3.07. The second-order valence-electron chi connectivity index (χ2n) is 8.61. The van der Waals surface area contributed by atoms with E-state index in [1.807, 2.05) is 13.8 Å². The Morgan fingerprint density at radius 3 is 2.05 bits per heavy atom. The minimum Gasteiger partial charge on any atom is -0.355 e. The average molecular weight is 285 g/mol. The van der Waals surface area contributed by atoms with Gasteiger partial charge in [0.25, 0.3) is 0 Å². The summed E-state index contributed by atoms with van der Waals surface area (Å²) >= 11 is 0. The third kappa shape index (κ3) is 8.57. The predicted molar refractivity (Wildman–Crippen MR) is 87.6 cm³/mol. The molecule has 0 saturated carbocycles. The molecule has 0 aromatic carbocycles. The molecule has 0 aromatic heterocycles. The molecule has 20 heavy (non-hydrogen) atoms. The Balaban J connectivity index is 4.11. The first-order chi connectivity index (χ1) is 8.90. The Bertz CT molecular complexity index is 301. The Labute approximate surface area is 126 Å². The summed E-state index contributed by atoms with van der Waals surface area (Å²) < 4.78 is 1.04. The fraction of sp³-hybridized carbons (Fsp3) is 0.941. The van der Waals surface area contributed by atoms with Crippen LogP contribution in [0.3, 0.4) is 0 Å². The average Bonchev–Trinajstić information content (AvgIpc) is 2.20. The van der Waals surface area contributed by atoms with Crippen molar-refractivity contribution in [3.63, 3.8) is 0 Å². The molecule has 0 bridgehead atoms. The lowest BCUT2D eigenvalue weighted by Gasteiger charge is -2.32. The summed E-state index contributed by atoms with van der Waals surface area (Å²) in [5.41, 5.74) is -0.104. The van der Waals surface area contributed by atoms with Crippen LogP contribution in [0, 0.1) is 10.8 Å². The Kier molecular flexibility index (Phi) is 7.23. The summed E-state index contributed by atoms with van der Waals surface area (Å²) in [5, 5.41) is 3.11. The molecule has 1 N–H and O–H groups in total. The van der Waals surface area contributed by atoms with E-state index in [0.717, 1.165) is 30.4 Å². The highest BCUT2D eigenvalue weighted by atomic mass is 16.2. The molecule has 0 aliphatic carbocycles. The van der Waals surface area contributed by atoms with E-state index in [1.54, 1.807) is 0 Å². The highest BCUT2D eigenvalue weighted by Crippen LogP contribution is 2.33. The predicted octanol–water partition coefficient (Wildman–Crippen LogP) is 3.44. The molecular weight excluding hydrogens is 248 g/mol. The first-order valence-electron chi connectivity index (χ1n) is 8.00. The lowest BCUT2D eigenvalue weighted by atomic mass is 9.76. The molecule has 0 radical (unpaired) electrons. The minimum absolute atomic E-state index is 0.181. The number of rotatable bonds is 8. The molecular formula is C17H37N2O+. The van der Waals surface area contributed by atoms with E-state index < -0.39 is 0 Å². The highest BCUT2D eigenvalue weighted by Gasteiger charge is 2.32. The van der Waals surface area contributed by atoms with Gasteiger partial charge in [-0.15, -0.1) is 0 Å². The van der Waals surface area contributed by atoms with Crippen LogP contribution in [0.25, 0.3) is 0 Å². The second-order valence-corrected chi connectivity index (χ2v) is 8.61. The molecule has 0 rings (SSSR count). The summed E-state index contributed by atoms with van der Waals surface area (Å²) in [5.74, 6) is 0.188. The van der Waals surface area contributed by atoms with E-state index in [0.29, 0.717) is 0 Å². The molecule has 3 nitrogen and oxygen atoms in total. The molecule has 0 spiro atoms. The molecule has 3 heteroatoms. The van der Waals surface area contributed by atoms with Crippen LogP contribution in [-0.4, -0.2) is 44.1 Å². The van der Waals surface area contributed by atoms with E-state index in [9.17, 15) is 4.79 Å². The third-order valence-electron chi connectivity index (χ3n) is 3.64. The van der Waals surface area contributed by atoms with Crippen molar-refractivity contribution in [1.82, 2.24) is 5.32 Å². The molecule has 120 valence electrons. The lowest BCUT2D eigenvalue weighted by molar-refractivity contribution is -0.890. The van der Waals surface area contributed by atoms with Gasteiger partial charge in [-0.25, -0.2) is 0 Å². The van der Waals surface area contributed by atoms with E-state index >= 15 is 0 Å². The number of amides is 1. The summed E-state index contributed by atoms with van der Waals surface area (Å²) in [6.45, 7) is 16.0. The van der Waals surface area contributed by atoms with Gasteiger partial charge in [0.2, 0.25) is 5.91 Å². The number of nitrogens with zero attached hydrogens (tertiary/aromatic N) is 1. The van der Waals surface area contributed by atoms with Crippen molar-refractivity contribution in [2.45, 2.75) is 60.8 Å². The molecule has 0 aliphatic rings. The molecule has 0 saturated heterocycles. The summed E-state index contributed by atoms with van der Waals surface area (Å²) in [6.07, 6.45) is 3.16. The van der Waals surface area contributed by atoms with Crippen molar-refractivity contribution in [1.29, 1.82) is 0 Å². The standard InChI is InChI=1S/C17H36N2O/c1-9-12-19(7,8)13-10-11-18-15(20)17(5,6)14-16(2,3)4/h9-14H2,1-8H3/p+1. The quantitative estimate of drug-likeness (QED) is 0.537. The zero-order valence-corrected chi connectivity index (χ0v) is 15.1. The Morgan fingerprint density at radius 1 is 1.05 bits per heavy atom. The first-order valence-corrected chi connectivity index (χ1v) is 8.00. The van der Waals surface area contributed by atoms with E-state index in [1.165, 1.54) is 13.0 Å². The van der Waals surface area contributed by atoms with Crippen molar-refractivity contribution in [2.75, 3.05) is 33.7 Å². The van der Waals surface area contributed by atoms with Crippen LogP contribution in [0.2, 0.25) is 0 Å². The van der Waals surface area contributed by atoms with Crippen LogP contribution >= 0.6 is 0 Å². The topological polar surface area (TPSA) is 29.1 Å². The van der Waals surface area contributed by atoms with Crippen molar-refractivity contribution in [3.05, 3.63) is 0 Å². The number of hydrogen-bond donors (Lipinski definition) is 1. The SMILES string of the molecule is CCC[N+](C)(C)CCCNC(=O)C(C)(C)CC(C)(C)C. The minimum atomic E-state index is -0.286. The van der Waals surface area contributed by atoms with Gasteiger partial charge in [-0.1, -0.05) is 41.5 Å². The molecule has 0 unspecified atom stereocenters. The van der Waals surface area contributed by atoms with Gasteiger partial charge in [0.15, 0.2) is 0 Å². The van der Waals surface area contributed by atoms with Gasteiger partial charge in [-0.2, -0.15) is 0 Å². The van der Waals surface area contributed by atoms with Crippen molar-refractivity contribution in [3.8, 4) is 0 Å². The van der Waals surface area contributed by atoms with Crippen LogP contribution < -0.4 is 5.32 Å². The van der Waals surface area contributed by atoms with E-state index in [4.69, 9.17) is 0 Å². The van der Waals surface area contributed by atoms with Crippen molar-refractivity contribution in [2.24, 2.45) is 10.8 Å². The van der Waals surface area contributed by atoms with Gasteiger partial charge in [0, 0.05) is 18.4 Å². The van der Waals surface area contributed by atoms with Crippen LogP contribution in [0.4, 0.5) is 0 Å². The number of quaternary nitrogens is 1. The maximum absolute atomic E-state index is 12.3. The zero-order chi connectivity index (χ0) is 16.0. The third-order valence-corrected chi connectivity index (χ3v) is 3.64. The van der Waals surface area contributed by atoms with Crippen molar-refractivity contribution < 1.29 is 9.28 Å². The normalized spacial score (nSPS) is 13.4. The molecule has 0 aliphatic heterocycles. The largest absolute Gasteiger partial charge is 0.355 e. The molecule has 0 heterocycles.